The minimum absolute atomic E-state index is 0.0277. The molecule has 4 rings (SSSR count). The lowest BCUT2D eigenvalue weighted by Crippen LogP contribution is -2.54. The number of nitrogens with one attached hydrogen (secondary N) is 1. The van der Waals surface area contributed by atoms with Gasteiger partial charge in [0.15, 0.2) is 0 Å². The molecular formula is C33H40FN3O4S2. The van der Waals surface area contributed by atoms with E-state index in [1.54, 1.807) is 48.5 Å². The van der Waals surface area contributed by atoms with E-state index < -0.39 is 34.3 Å². The Bertz CT molecular complexity index is 1470. The first-order valence-corrected chi connectivity index (χ1v) is 17.4. The topological polar surface area (TPSA) is 86.8 Å². The largest absolute Gasteiger partial charge is 0.352 e. The number of anilines is 1. The van der Waals surface area contributed by atoms with Crippen LogP contribution in [0.5, 0.6) is 0 Å². The average molecular weight is 626 g/mol. The molecule has 1 N–H and O–H groups in total. The van der Waals surface area contributed by atoms with E-state index in [0.717, 1.165) is 46.9 Å². The Morgan fingerprint density at radius 2 is 1.58 bits per heavy atom. The van der Waals surface area contributed by atoms with Crippen LogP contribution >= 0.6 is 11.8 Å². The van der Waals surface area contributed by atoms with Gasteiger partial charge in [0.1, 0.15) is 18.4 Å². The van der Waals surface area contributed by atoms with Crippen molar-refractivity contribution < 1.29 is 22.4 Å². The number of amides is 2. The van der Waals surface area contributed by atoms with Gasteiger partial charge in [-0.2, -0.15) is 0 Å². The summed E-state index contributed by atoms with van der Waals surface area (Å²) in [6.45, 7) is 3.25. The highest BCUT2D eigenvalue weighted by molar-refractivity contribution is 7.98. The Morgan fingerprint density at radius 1 is 0.953 bits per heavy atom. The standard InChI is InChI=1S/C33H40FN3O4S2/c1-4-31(33(39)35-27-8-6-5-7-9-27)36(22-25-12-14-26(34)15-13-25)32(38)23-37(28-16-10-24(2)11-17-28)43(40,41)30-20-18-29(42-3)19-21-30/h10-21,27,31H,4-9,22-23H2,1-3H3,(H,35,39)/t31-/m0/s1. The van der Waals surface area contributed by atoms with E-state index in [2.05, 4.69) is 5.32 Å². The zero-order valence-electron chi connectivity index (χ0n) is 25.0. The van der Waals surface area contributed by atoms with E-state index in [1.807, 2.05) is 20.1 Å². The van der Waals surface area contributed by atoms with E-state index in [4.69, 9.17) is 0 Å². The quantitative estimate of drug-likeness (QED) is 0.239. The molecule has 0 bridgehead atoms. The molecule has 43 heavy (non-hydrogen) atoms. The van der Waals surface area contributed by atoms with Crippen molar-refractivity contribution in [2.45, 2.75) is 80.8 Å². The molecule has 1 aliphatic rings. The van der Waals surface area contributed by atoms with Gasteiger partial charge in [0.25, 0.3) is 10.0 Å². The van der Waals surface area contributed by atoms with Gasteiger partial charge in [0.05, 0.1) is 10.6 Å². The third kappa shape index (κ3) is 8.38. The summed E-state index contributed by atoms with van der Waals surface area (Å²) in [6, 6.07) is 18.5. The fourth-order valence-corrected chi connectivity index (χ4v) is 7.19. The van der Waals surface area contributed by atoms with Crippen LogP contribution in [0.25, 0.3) is 0 Å². The zero-order chi connectivity index (χ0) is 31.0. The Hall–Kier alpha value is -3.37. The molecule has 1 atom stereocenters. The fraction of sp³-hybridized carbons (Fsp3) is 0.394. The van der Waals surface area contributed by atoms with E-state index in [1.165, 1.54) is 40.9 Å². The van der Waals surface area contributed by atoms with Crippen molar-refractivity contribution in [2.75, 3.05) is 17.1 Å². The number of aryl methyl sites for hydroxylation is 1. The minimum atomic E-state index is -4.15. The molecule has 0 heterocycles. The maximum atomic E-state index is 14.2. The van der Waals surface area contributed by atoms with Crippen LogP contribution in [0.1, 0.15) is 56.6 Å². The number of hydrogen-bond acceptors (Lipinski definition) is 5. The van der Waals surface area contributed by atoms with E-state index in [-0.39, 0.29) is 23.4 Å². The van der Waals surface area contributed by atoms with Crippen LogP contribution in [-0.4, -0.2) is 50.0 Å². The number of nitrogens with zero attached hydrogens (tertiary/aromatic N) is 2. The van der Waals surface area contributed by atoms with Gasteiger partial charge in [0, 0.05) is 17.5 Å². The van der Waals surface area contributed by atoms with Crippen LogP contribution in [-0.2, 0) is 26.2 Å². The summed E-state index contributed by atoms with van der Waals surface area (Å²) in [5.41, 5.74) is 1.92. The summed E-state index contributed by atoms with van der Waals surface area (Å²) in [7, 11) is -4.15. The number of benzene rings is 3. The number of hydrogen-bond donors (Lipinski definition) is 1. The van der Waals surface area contributed by atoms with Crippen LogP contribution in [0.2, 0.25) is 0 Å². The van der Waals surface area contributed by atoms with E-state index in [9.17, 15) is 22.4 Å². The third-order valence-corrected chi connectivity index (χ3v) is 10.4. The number of rotatable bonds is 12. The lowest BCUT2D eigenvalue weighted by atomic mass is 9.95. The highest BCUT2D eigenvalue weighted by atomic mass is 32.2. The van der Waals surface area contributed by atoms with Crippen LogP contribution in [0.3, 0.4) is 0 Å². The van der Waals surface area contributed by atoms with Crippen molar-refractivity contribution in [2.24, 2.45) is 0 Å². The number of thioether (sulfide) groups is 1. The van der Waals surface area contributed by atoms with Crippen LogP contribution in [0, 0.1) is 12.7 Å². The molecule has 1 saturated carbocycles. The molecule has 3 aromatic carbocycles. The Kier molecular flexibility index (Phi) is 11.3. The highest BCUT2D eigenvalue weighted by Crippen LogP contribution is 2.27. The summed E-state index contributed by atoms with van der Waals surface area (Å²) in [4.78, 5) is 30.2. The molecular weight excluding hydrogens is 586 g/mol. The predicted molar refractivity (Wildman–Crippen MR) is 170 cm³/mol. The van der Waals surface area contributed by atoms with Crippen molar-refractivity contribution in [3.63, 3.8) is 0 Å². The molecule has 1 fully saturated rings. The monoisotopic (exact) mass is 625 g/mol. The normalized spacial score (nSPS) is 14.6. The Labute approximate surface area is 258 Å². The number of sulfonamides is 1. The number of halogens is 1. The average Bonchev–Trinajstić information content (AvgIpc) is 3.01. The molecule has 0 aliphatic heterocycles. The second-order valence-corrected chi connectivity index (χ2v) is 13.7. The lowest BCUT2D eigenvalue weighted by Gasteiger charge is -2.34. The van der Waals surface area contributed by atoms with Crippen molar-refractivity contribution in [1.82, 2.24) is 10.2 Å². The summed E-state index contributed by atoms with van der Waals surface area (Å²) in [5.74, 6) is -1.20. The highest BCUT2D eigenvalue weighted by Gasteiger charge is 2.34. The Morgan fingerprint density at radius 3 is 2.16 bits per heavy atom. The second-order valence-electron chi connectivity index (χ2n) is 10.9. The van der Waals surface area contributed by atoms with E-state index in [0.29, 0.717) is 17.7 Å². The summed E-state index contributed by atoms with van der Waals surface area (Å²) in [6.07, 6.45) is 7.25. The molecule has 0 saturated heterocycles. The van der Waals surface area contributed by atoms with Gasteiger partial charge in [-0.15, -0.1) is 11.8 Å². The first-order chi connectivity index (χ1) is 20.6. The molecule has 2 amide bonds. The molecule has 0 unspecified atom stereocenters. The zero-order valence-corrected chi connectivity index (χ0v) is 26.6. The van der Waals surface area contributed by atoms with E-state index >= 15 is 0 Å². The summed E-state index contributed by atoms with van der Waals surface area (Å²) < 4.78 is 42.9. The molecule has 0 spiro atoms. The van der Waals surface area contributed by atoms with Crippen molar-refractivity contribution in [3.8, 4) is 0 Å². The first kappa shape index (κ1) is 32.5. The first-order valence-electron chi connectivity index (χ1n) is 14.7. The van der Waals surface area contributed by atoms with Crippen molar-refractivity contribution in [3.05, 3.63) is 89.7 Å². The van der Waals surface area contributed by atoms with Gasteiger partial charge >= 0.3 is 0 Å². The molecule has 10 heteroatoms. The van der Waals surface area contributed by atoms with Crippen LogP contribution < -0.4 is 9.62 Å². The van der Waals surface area contributed by atoms with Gasteiger partial charge in [-0.3, -0.25) is 13.9 Å². The van der Waals surface area contributed by atoms with Gasteiger partial charge < -0.3 is 10.2 Å². The predicted octanol–water partition coefficient (Wildman–Crippen LogP) is 6.31. The van der Waals surface area contributed by atoms with Crippen LogP contribution in [0.4, 0.5) is 10.1 Å². The summed E-state index contributed by atoms with van der Waals surface area (Å²) in [5, 5.41) is 3.13. The van der Waals surface area contributed by atoms with Crippen LogP contribution in [0.15, 0.2) is 82.6 Å². The molecule has 230 valence electrons. The SMILES string of the molecule is CC[C@@H](C(=O)NC1CCCCC1)N(Cc1ccc(F)cc1)C(=O)CN(c1ccc(C)cc1)S(=O)(=O)c1ccc(SC)cc1. The number of carbonyl (C=O) groups excluding carboxylic acids is 2. The summed E-state index contributed by atoms with van der Waals surface area (Å²) >= 11 is 1.50. The smallest absolute Gasteiger partial charge is 0.264 e. The molecule has 3 aromatic rings. The minimum Gasteiger partial charge on any atom is -0.352 e. The van der Waals surface area contributed by atoms with Gasteiger partial charge in [-0.1, -0.05) is 56.0 Å². The maximum absolute atomic E-state index is 14.2. The third-order valence-electron chi connectivity index (χ3n) is 7.85. The van der Waals surface area contributed by atoms with Crippen molar-refractivity contribution in [1.29, 1.82) is 0 Å². The molecule has 0 radical (unpaired) electrons. The van der Waals surface area contributed by atoms with Gasteiger partial charge in [-0.25, -0.2) is 12.8 Å². The second kappa shape index (κ2) is 14.9. The van der Waals surface area contributed by atoms with Gasteiger partial charge in [0.2, 0.25) is 11.8 Å². The Balaban J connectivity index is 1.69. The maximum Gasteiger partial charge on any atom is 0.264 e. The lowest BCUT2D eigenvalue weighted by molar-refractivity contribution is -0.140. The van der Waals surface area contributed by atoms with Crippen molar-refractivity contribution >= 4 is 39.3 Å². The molecule has 0 aromatic heterocycles. The number of carbonyl (C=O) groups is 2. The van der Waals surface area contributed by atoms with Gasteiger partial charge in [-0.05, 0) is 86.5 Å². The molecule has 7 nitrogen and oxygen atoms in total. The fourth-order valence-electron chi connectivity index (χ4n) is 5.36. The molecule has 1 aliphatic carbocycles.